The molecule has 0 rings (SSSR count). The molecule has 0 aromatic heterocycles. The Morgan fingerprint density at radius 2 is 1.68 bits per heavy atom. The van der Waals surface area contributed by atoms with Gasteiger partial charge in [-0.25, -0.2) is 0 Å². The first-order valence-corrected chi connectivity index (χ1v) is 7.10. The molecule has 0 heterocycles. The second kappa shape index (κ2) is 8.20. The van der Waals surface area contributed by atoms with Gasteiger partial charge in [0.2, 0.25) is 0 Å². The Bertz CT molecular complexity index is 240. The second-order valence-electron chi connectivity index (χ2n) is 6.88. The van der Waals surface area contributed by atoms with E-state index in [4.69, 9.17) is 19.9 Å². The molecule has 0 bridgehead atoms. The van der Waals surface area contributed by atoms with Gasteiger partial charge in [-0.15, -0.1) is 0 Å². The van der Waals surface area contributed by atoms with E-state index >= 15 is 0 Å². The van der Waals surface area contributed by atoms with E-state index in [1.54, 1.807) is 7.11 Å². The third-order valence-electron chi connectivity index (χ3n) is 2.94. The lowest BCUT2D eigenvalue weighted by Crippen LogP contribution is -2.39. The van der Waals surface area contributed by atoms with Gasteiger partial charge in [-0.1, -0.05) is 13.8 Å². The van der Waals surface area contributed by atoms with E-state index < -0.39 is 0 Å². The predicted molar refractivity (Wildman–Crippen MR) is 79.4 cm³/mol. The fraction of sp³-hybridized carbons (Fsp3) is 1.00. The molecule has 2 N–H and O–H groups in total. The Labute approximate surface area is 119 Å². The van der Waals surface area contributed by atoms with Crippen molar-refractivity contribution in [1.82, 2.24) is 0 Å². The fourth-order valence-corrected chi connectivity index (χ4v) is 1.77. The standard InChI is InChI=1S/C15H33NO3/c1-12(2)19-13(9-17-7)8-15(5,6)18-11-14(3,4)10-16/h12-13H,8-11,16H2,1-7H3. The van der Waals surface area contributed by atoms with Crippen LogP contribution in [0.4, 0.5) is 0 Å². The summed E-state index contributed by atoms with van der Waals surface area (Å²) in [6.07, 6.45) is 1.05. The van der Waals surface area contributed by atoms with Crippen LogP contribution in [0.2, 0.25) is 0 Å². The molecule has 0 radical (unpaired) electrons. The van der Waals surface area contributed by atoms with Gasteiger partial charge < -0.3 is 19.9 Å². The van der Waals surface area contributed by atoms with Gasteiger partial charge in [-0.05, 0) is 34.2 Å². The molecule has 19 heavy (non-hydrogen) atoms. The van der Waals surface area contributed by atoms with Crippen LogP contribution in [0.15, 0.2) is 0 Å². The van der Waals surface area contributed by atoms with Gasteiger partial charge in [0.15, 0.2) is 0 Å². The van der Waals surface area contributed by atoms with E-state index in [9.17, 15) is 0 Å². The number of hydrogen-bond acceptors (Lipinski definition) is 4. The molecule has 0 fully saturated rings. The van der Waals surface area contributed by atoms with Crippen molar-refractivity contribution >= 4 is 0 Å². The fourth-order valence-electron chi connectivity index (χ4n) is 1.77. The summed E-state index contributed by atoms with van der Waals surface area (Å²) in [6.45, 7) is 14.3. The minimum absolute atomic E-state index is 0.00687. The van der Waals surface area contributed by atoms with Gasteiger partial charge in [0.25, 0.3) is 0 Å². The lowest BCUT2D eigenvalue weighted by Gasteiger charge is -2.34. The molecule has 1 unspecified atom stereocenters. The van der Waals surface area contributed by atoms with Crippen molar-refractivity contribution in [3.8, 4) is 0 Å². The summed E-state index contributed by atoms with van der Waals surface area (Å²) in [4.78, 5) is 0. The van der Waals surface area contributed by atoms with Crippen LogP contribution in [0.25, 0.3) is 0 Å². The van der Waals surface area contributed by atoms with Gasteiger partial charge in [0, 0.05) is 18.9 Å². The molecular formula is C15H33NO3. The van der Waals surface area contributed by atoms with Crippen LogP contribution in [0, 0.1) is 5.41 Å². The first-order valence-electron chi connectivity index (χ1n) is 7.10. The maximum atomic E-state index is 6.03. The second-order valence-corrected chi connectivity index (χ2v) is 6.88. The van der Waals surface area contributed by atoms with Crippen molar-refractivity contribution in [2.24, 2.45) is 11.1 Å². The van der Waals surface area contributed by atoms with Crippen molar-refractivity contribution in [1.29, 1.82) is 0 Å². The monoisotopic (exact) mass is 275 g/mol. The van der Waals surface area contributed by atoms with Crippen molar-refractivity contribution < 1.29 is 14.2 Å². The topological polar surface area (TPSA) is 53.7 Å². The van der Waals surface area contributed by atoms with E-state index in [1.165, 1.54) is 0 Å². The molecule has 0 aromatic carbocycles. The summed E-state index contributed by atoms with van der Waals surface area (Å²) in [5.41, 5.74) is 5.49. The SMILES string of the molecule is COCC(CC(C)(C)OCC(C)(C)CN)OC(C)C. The predicted octanol–water partition coefficient (Wildman–Crippen LogP) is 2.60. The number of hydrogen-bond donors (Lipinski definition) is 1. The quantitative estimate of drug-likeness (QED) is 0.666. The minimum Gasteiger partial charge on any atom is -0.382 e. The van der Waals surface area contributed by atoms with E-state index in [2.05, 4.69) is 27.7 Å². The summed E-state index contributed by atoms with van der Waals surface area (Å²) in [7, 11) is 1.70. The van der Waals surface area contributed by atoms with Crippen LogP contribution in [0.5, 0.6) is 0 Å². The summed E-state index contributed by atoms with van der Waals surface area (Å²) in [5, 5.41) is 0. The molecule has 0 amide bonds. The molecule has 0 aliphatic rings. The average Bonchev–Trinajstić information content (AvgIpc) is 2.26. The molecule has 4 nitrogen and oxygen atoms in total. The van der Waals surface area contributed by atoms with Crippen molar-refractivity contribution in [2.75, 3.05) is 26.9 Å². The molecular weight excluding hydrogens is 242 g/mol. The number of rotatable bonds is 10. The van der Waals surface area contributed by atoms with E-state index in [0.29, 0.717) is 19.8 Å². The highest BCUT2D eigenvalue weighted by molar-refractivity contribution is 4.78. The first kappa shape index (κ1) is 18.8. The normalized spacial score (nSPS) is 15.0. The zero-order valence-corrected chi connectivity index (χ0v) is 13.8. The Morgan fingerprint density at radius 1 is 1.11 bits per heavy atom. The third-order valence-corrected chi connectivity index (χ3v) is 2.94. The Kier molecular flexibility index (Phi) is 8.13. The van der Waals surface area contributed by atoms with Gasteiger partial charge >= 0.3 is 0 Å². The van der Waals surface area contributed by atoms with Crippen LogP contribution in [0.3, 0.4) is 0 Å². The minimum atomic E-state index is -0.246. The van der Waals surface area contributed by atoms with Gasteiger partial charge in [0.1, 0.15) is 0 Å². The summed E-state index contributed by atoms with van der Waals surface area (Å²) in [5.74, 6) is 0. The Hall–Kier alpha value is -0.160. The molecule has 0 aliphatic heterocycles. The highest BCUT2D eigenvalue weighted by Gasteiger charge is 2.28. The molecule has 116 valence electrons. The highest BCUT2D eigenvalue weighted by atomic mass is 16.5. The van der Waals surface area contributed by atoms with Crippen molar-refractivity contribution in [2.45, 2.75) is 65.8 Å². The van der Waals surface area contributed by atoms with Gasteiger partial charge in [-0.3, -0.25) is 0 Å². The van der Waals surface area contributed by atoms with Crippen LogP contribution in [-0.2, 0) is 14.2 Å². The maximum Gasteiger partial charge on any atom is 0.0839 e. The van der Waals surface area contributed by atoms with Crippen molar-refractivity contribution in [3.63, 3.8) is 0 Å². The van der Waals surface area contributed by atoms with Crippen LogP contribution >= 0.6 is 0 Å². The van der Waals surface area contributed by atoms with Crippen LogP contribution < -0.4 is 5.73 Å². The lowest BCUT2D eigenvalue weighted by molar-refractivity contribution is -0.109. The first-order chi connectivity index (χ1) is 8.62. The molecule has 0 spiro atoms. The third kappa shape index (κ3) is 9.38. The molecule has 0 aliphatic carbocycles. The summed E-state index contributed by atoms with van der Waals surface area (Å²) in [6, 6.07) is 0. The molecule has 1 atom stereocenters. The summed E-state index contributed by atoms with van der Waals surface area (Å²) >= 11 is 0. The summed E-state index contributed by atoms with van der Waals surface area (Å²) < 4.78 is 17.1. The van der Waals surface area contributed by atoms with Crippen molar-refractivity contribution in [3.05, 3.63) is 0 Å². The zero-order chi connectivity index (χ0) is 15.1. The van der Waals surface area contributed by atoms with Gasteiger partial charge in [0.05, 0.1) is 31.0 Å². The Morgan fingerprint density at radius 3 is 2.11 bits per heavy atom. The maximum absolute atomic E-state index is 6.03. The number of methoxy groups -OCH3 is 1. The lowest BCUT2D eigenvalue weighted by atomic mass is 9.94. The van der Waals surface area contributed by atoms with E-state index in [1.807, 2.05) is 13.8 Å². The smallest absolute Gasteiger partial charge is 0.0839 e. The van der Waals surface area contributed by atoms with E-state index in [-0.39, 0.29) is 23.2 Å². The average molecular weight is 275 g/mol. The molecule has 0 saturated carbocycles. The van der Waals surface area contributed by atoms with Crippen LogP contribution in [-0.4, -0.2) is 44.7 Å². The Balaban J connectivity index is 4.36. The zero-order valence-electron chi connectivity index (χ0n) is 13.8. The highest BCUT2D eigenvalue weighted by Crippen LogP contribution is 2.23. The number of ether oxygens (including phenoxy) is 3. The largest absolute Gasteiger partial charge is 0.382 e. The van der Waals surface area contributed by atoms with E-state index in [0.717, 1.165) is 6.42 Å². The van der Waals surface area contributed by atoms with Crippen LogP contribution in [0.1, 0.15) is 48.0 Å². The molecule has 0 aromatic rings. The number of nitrogens with two attached hydrogens (primary N) is 1. The van der Waals surface area contributed by atoms with Gasteiger partial charge in [-0.2, -0.15) is 0 Å². The molecule has 4 heteroatoms. The molecule has 0 saturated heterocycles.